The maximum absolute atomic E-state index is 6.63. The second-order valence-electron chi connectivity index (χ2n) is 10.0. The number of rotatable bonds is 3. The zero-order chi connectivity index (χ0) is 26.2. The van der Waals surface area contributed by atoms with Crippen molar-refractivity contribution < 1.29 is 4.42 Å². The maximum atomic E-state index is 6.63. The summed E-state index contributed by atoms with van der Waals surface area (Å²) in [5.41, 5.74) is 3.70. The number of nitrogens with zero attached hydrogens (tertiary/aromatic N) is 2. The first-order chi connectivity index (χ1) is 19.8. The average molecular weight is 549 g/mol. The molecule has 9 aromatic rings. The van der Waals surface area contributed by atoms with Gasteiger partial charge in [-0.15, -0.1) is 22.7 Å². The van der Waals surface area contributed by atoms with Gasteiger partial charge in [-0.2, -0.15) is 4.98 Å². The summed E-state index contributed by atoms with van der Waals surface area (Å²) in [6.45, 7) is 0. The summed E-state index contributed by atoms with van der Waals surface area (Å²) >= 11 is 3.65. The van der Waals surface area contributed by atoms with E-state index >= 15 is 0 Å². The molecule has 3 heterocycles. The highest BCUT2D eigenvalue weighted by Gasteiger charge is 2.22. The van der Waals surface area contributed by atoms with E-state index in [4.69, 9.17) is 9.40 Å². The van der Waals surface area contributed by atoms with Crippen molar-refractivity contribution >= 4 is 102 Å². The molecule has 3 aromatic heterocycles. The minimum absolute atomic E-state index is 0.559. The van der Waals surface area contributed by atoms with E-state index in [2.05, 4.69) is 114 Å². The van der Waals surface area contributed by atoms with Crippen LogP contribution in [0.5, 0.6) is 0 Å². The normalized spacial score (nSPS) is 12.0. The Morgan fingerprint density at radius 3 is 1.70 bits per heavy atom. The first-order valence-corrected chi connectivity index (χ1v) is 14.8. The summed E-state index contributed by atoms with van der Waals surface area (Å²) in [6, 6.07) is 43.6. The molecule has 0 fully saturated rings. The Morgan fingerprint density at radius 1 is 0.500 bits per heavy atom. The standard InChI is InChI=1S/C35H20N2OS2/c1-2-8-24-21(7-1)13-16-29-34(24)38-35(36-29)37(22-14-17-32-27(19-22)25-9-3-5-11-30(25)39-32)23-15-18-33-28(20-23)26-10-4-6-12-31(26)40-33/h1-20H. The Labute approximate surface area is 237 Å². The molecule has 9 rings (SSSR count). The number of aromatic nitrogens is 1. The molecule has 0 aliphatic rings. The van der Waals surface area contributed by atoms with E-state index in [1.807, 2.05) is 34.8 Å². The van der Waals surface area contributed by atoms with Crippen LogP contribution in [0.25, 0.3) is 62.2 Å². The molecule has 3 nitrogen and oxygen atoms in total. The van der Waals surface area contributed by atoms with Crippen LogP contribution in [0.2, 0.25) is 0 Å². The van der Waals surface area contributed by atoms with Gasteiger partial charge in [0.25, 0.3) is 0 Å². The minimum Gasteiger partial charge on any atom is -0.422 e. The molecular weight excluding hydrogens is 529 g/mol. The first kappa shape index (κ1) is 22.1. The molecule has 0 unspecified atom stereocenters. The summed E-state index contributed by atoms with van der Waals surface area (Å²) in [5.74, 6) is 0. The molecule has 0 saturated carbocycles. The smallest absolute Gasteiger partial charge is 0.307 e. The van der Waals surface area contributed by atoms with E-state index in [9.17, 15) is 0 Å². The summed E-state index contributed by atoms with van der Waals surface area (Å²) in [7, 11) is 0. The molecular formula is C35H20N2OS2. The van der Waals surface area contributed by atoms with Gasteiger partial charge in [0.1, 0.15) is 5.52 Å². The Bertz CT molecular complexity index is 2290. The van der Waals surface area contributed by atoms with Gasteiger partial charge >= 0.3 is 6.01 Å². The molecule has 0 saturated heterocycles. The van der Waals surface area contributed by atoms with Crippen molar-refractivity contribution in [2.45, 2.75) is 0 Å². The van der Waals surface area contributed by atoms with Gasteiger partial charge in [0.05, 0.1) is 11.4 Å². The molecule has 40 heavy (non-hydrogen) atoms. The van der Waals surface area contributed by atoms with Crippen LogP contribution in [0.3, 0.4) is 0 Å². The van der Waals surface area contributed by atoms with E-state index in [1.54, 1.807) is 0 Å². The highest BCUT2D eigenvalue weighted by molar-refractivity contribution is 7.26. The van der Waals surface area contributed by atoms with Crippen LogP contribution in [-0.2, 0) is 0 Å². The Morgan fingerprint density at radius 2 is 1.05 bits per heavy atom. The average Bonchev–Trinajstić information content (AvgIpc) is 3.70. The van der Waals surface area contributed by atoms with Crippen molar-refractivity contribution in [3.63, 3.8) is 0 Å². The van der Waals surface area contributed by atoms with Gasteiger partial charge in [0, 0.05) is 45.7 Å². The van der Waals surface area contributed by atoms with Crippen LogP contribution in [0.15, 0.2) is 126 Å². The van der Waals surface area contributed by atoms with Crippen LogP contribution in [0.1, 0.15) is 0 Å². The predicted octanol–water partition coefficient (Wildman–Crippen LogP) is 11.2. The van der Waals surface area contributed by atoms with Gasteiger partial charge in [0.15, 0.2) is 5.58 Å². The highest BCUT2D eigenvalue weighted by atomic mass is 32.1. The Kier molecular flexibility index (Phi) is 4.65. The van der Waals surface area contributed by atoms with Crippen molar-refractivity contribution in [3.05, 3.63) is 121 Å². The van der Waals surface area contributed by atoms with E-state index in [1.165, 1.54) is 40.3 Å². The number of oxazole rings is 1. The van der Waals surface area contributed by atoms with Crippen LogP contribution in [-0.4, -0.2) is 4.98 Å². The van der Waals surface area contributed by atoms with E-state index < -0.39 is 0 Å². The zero-order valence-corrected chi connectivity index (χ0v) is 22.8. The van der Waals surface area contributed by atoms with Crippen LogP contribution >= 0.6 is 22.7 Å². The topological polar surface area (TPSA) is 29.3 Å². The van der Waals surface area contributed by atoms with Crippen molar-refractivity contribution in [3.8, 4) is 0 Å². The third kappa shape index (κ3) is 3.25. The lowest BCUT2D eigenvalue weighted by molar-refractivity contribution is 0.611. The lowest BCUT2D eigenvalue weighted by Crippen LogP contribution is -2.10. The molecule has 0 spiro atoms. The molecule has 0 N–H and O–H groups in total. The number of benzene rings is 6. The van der Waals surface area contributed by atoms with E-state index in [-0.39, 0.29) is 0 Å². The predicted molar refractivity (Wildman–Crippen MR) is 172 cm³/mol. The Balaban J connectivity index is 1.32. The van der Waals surface area contributed by atoms with Crippen molar-refractivity contribution in [1.29, 1.82) is 0 Å². The molecule has 0 amide bonds. The number of hydrogen-bond donors (Lipinski definition) is 0. The Hall–Kier alpha value is -4.71. The summed E-state index contributed by atoms with van der Waals surface area (Å²) in [4.78, 5) is 7.20. The van der Waals surface area contributed by atoms with Gasteiger partial charge in [0.2, 0.25) is 0 Å². The quantitative estimate of drug-likeness (QED) is 0.220. The molecule has 5 heteroatoms. The largest absolute Gasteiger partial charge is 0.422 e. The monoisotopic (exact) mass is 548 g/mol. The fourth-order valence-corrected chi connectivity index (χ4v) is 7.99. The molecule has 0 aliphatic carbocycles. The molecule has 0 atom stereocenters. The van der Waals surface area contributed by atoms with Gasteiger partial charge in [-0.3, -0.25) is 4.90 Å². The second-order valence-corrected chi connectivity index (χ2v) is 12.2. The molecule has 0 radical (unpaired) electrons. The van der Waals surface area contributed by atoms with E-state index in [0.717, 1.165) is 33.2 Å². The fraction of sp³-hybridized carbons (Fsp3) is 0. The highest BCUT2D eigenvalue weighted by Crippen LogP contribution is 2.44. The zero-order valence-electron chi connectivity index (χ0n) is 21.2. The van der Waals surface area contributed by atoms with Crippen molar-refractivity contribution in [2.75, 3.05) is 4.90 Å². The third-order valence-electron chi connectivity index (χ3n) is 7.70. The SMILES string of the molecule is c1ccc2c(c1)ccc1nc(N(c3ccc4sc5ccccc5c4c3)c3ccc4sc5ccccc5c4c3)oc12. The van der Waals surface area contributed by atoms with Gasteiger partial charge in [-0.25, -0.2) is 0 Å². The lowest BCUT2D eigenvalue weighted by Gasteiger charge is -2.21. The molecule has 188 valence electrons. The van der Waals surface area contributed by atoms with Crippen molar-refractivity contribution in [1.82, 2.24) is 4.98 Å². The van der Waals surface area contributed by atoms with Crippen LogP contribution in [0.4, 0.5) is 17.4 Å². The fourth-order valence-electron chi connectivity index (χ4n) is 5.82. The molecule has 0 aliphatic heterocycles. The summed E-state index contributed by atoms with van der Waals surface area (Å²) in [6.07, 6.45) is 0. The van der Waals surface area contributed by atoms with Crippen LogP contribution in [0, 0.1) is 0 Å². The molecule has 6 aromatic carbocycles. The number of fused-ring (bicyclic) bond motifs is 9. The lowest BCUT2D eigenvalue weighted by atomic mass is 10.1. The molecule has 0 bridgehead atoms. The third-order valence-corrected chi connectivity index (χ3v) is 10.0. The summed E-state index contributed by atoms with van der Waals surface area (Å²) in [5, 5.41) is 7.23. The van der Waals surface area contributed by atoms with Gasteiger partial charge in [-0.1, -0.05) is 66.7 Å². The number of thiophene rings is 2. The minimum atomic E-state index is 0.559. The second kappa shape index (κ2) is 8.39. The summed E-state index contributed by atoms with van der Waals surface area (Å²) < 4.78 is 11.8. The van der Waals surface area contributed by atoms with Crippen molar-refractivity contribution in [2.24, 2.45) is 0 Å². The van der Waals surface area contributed by atoms with Crippen LogP contribution < -0.4 is 4.90 Å². The van der Waals surface area contributed by atoms with E-state index in [0.29, 0.717) is 6.01 Å². The first-order valence-electron chi connectivity index (χ1n) is 13.2. The number of hydrogen-bond acceptors (Lipinski definition) is 5. The number of anilines is 3. The van der Waals surface area contributed by atoms with Gasteiger partial charge in [-0.05, 0) is 60.0 Å². The van der Waals surface area contributed by atoms with Gasteiger partial charge < -0.3 is 4.42 Å². The maximum Gasteiger partial charge on any atom is 0.307 e.